The minimum Gasteiger partial charge on any atom is -0.369 e. The number of hydrogen-bond acceptors (Lipinski definition) is 4. The summed E-state index contributed by atoms with van der Waals surface area (Å²) in [7, 11) is 1.90. The molecule has 1 unspecified atom stereocenters. The zero-order chi connectivity index (χ0) is 19.6. The summed E-state index contributed by atoms with van der Waals surface area (Å²) in [5.74, 6) is -0.0668. The van der Waals surface area contributed by atoms with Crippen molar-refractivity contribution in [3.05, 3.63) is 35.5 Å². The monoisotopic (exact) mass is 369 g/mol. The van der Waals surface area contributed by atoms with Gasteiger partial charge in [-0.2, -0.15) is 0 Å². The number of piperidine rings is 1. The van der Waals surface area contributed by atoms with E-state index in [4.69, 9.17) is 5.73 Å². The smallest absolute Gasteiger partial charge is 0.231 e. The number of anilines is 1. The Bertz CT molecular complexity index is 858. The Kier molecular flexibility index (Phi) is 5.60. The van der Waals surface area contributed by atoms with Crippen molar-refractivity contribution in [2.75, 3.05) is 25.0 Å². The molecule has 1 aliphatic heterocycles. The Balaban J connectivity index is 1.71. The third-order valence-electron chi connectivity index (χ3n) is 5.28. The van der Waals surface area contributed by atoms with Crippen LogP contribution in [0.25, 0.3) is 11.3 Å². The van der Waals surface area contributed by atoms with Crippen molar-refractivity contribution in [2.45, 2.75) is 26.7 Å². The van der Waals surface area contributed by atoms with E-state index in [1.807, 2.05) is 16.5 Å². The van der Waals surface area contributed by atoms with E-state index < -0.39 is 0 Å². The highest BCUT2D eigenvalue weighted by atomic mass is 16.2. The van der Waals surface area contributed by atoms with Crippen molar-refractivity contribution in [3.63, 3.8) is 0 Å². The number of likely N-dealkylation sites (tertiary alicyclic amines) is 1. The van der Waals surface area contributed by atoms with Gasteiger partial charge in [0.15, 0.2) is 0 Å². The van der Waals surface area contributed by atoms with Gasteiger partial charge in [0.25, 0.3) is 0 Å². The second-order valence-corrected chi connectivity index (χ2v) is 7.35. The predicted octanol–water partition coefficient (Wildman–Crippen LogP) is 1.84. The Morgan fingerprint density at radius 3 is 2.78 bits per heavy atom. The first-order valence-electron chi connectivity index (χ1n) is 9.26. The van der Waals surface area contributed by atoms with E-state index in [1.54, 1.807) is 6.20 Å². The van der Waals surface area contributed by atoms with Crippen molar-refractivity contribution >= 4 is 17.8 Å². The molecule has 3 N–H and O–H groups in total. The molecule has 7 heteroatoms. The number of aromatic nitrogens is 2. The van der Waals surface area contributed by atoms with Gasteiger partial charge in [0.1, 0.15) is 0 Å². The zero-order valence-corrected chi connectivity index (χ0v) is 16.2. The molecule has 144 valence electrons. The molecule has 1 aromatic carbocycles. The van der Waals surface area contributed by atoms with Crippen LogP contribution >= 0.6 is 0 Å². The fourth-order valence-corrected chi connectivity index (χ4v) is 3.54. The van der Waals surface area contributed by atoms with Gasteiger partial charge in [-0.15, -0.1) is 0 Å². The summed E-state index contributed by atoms with van der Waals surface area (Å²) in [6.07, 6.45) is 3.45. The predicted molar refractivity (Wildman–Crippen MR) is 105 cm³/mol. The molecule has 0 aliphatic carbocycles. The lowest BCUT2D eigenvalue weighted by molar-refractivity contribution is -0.124. The van der Waals surface area contributed by atoms with Gasteiger partial charge in [0, 0.05) is 19.2 Å². The summed E-state index contributed by atoms with van der Waals surface area (Å²) in [4.78, 5) is 30.1. The average Bonchev–Trinajstić information content (AvgIpc) is 2.97. The molecule has 1 fully saturated rings. The first-order chi connectivity index (χ1) is 12.8. The highest BCUT2D eigenvalue weighted by Gasteiger charge is 2.27. The molecule has 2 aromatic rings. The summed E-state index contributed by atoms with van der Waals surface area (Å²) in [5, 5.41) is 2.94. The molecule has 1 saturated heterocycles. The summed E-state index contributed by atoms with van der Waals surface area (Å²) in [5.41, 5.74) is 9.75. The number of nitrogens with one attached hydrogen (secondary N) is 1. The second kappa shape index (κ2) is 7.92. The third kappa shape index (κ3) is 4.36. The molecule has 0 spiro atoms. The Hall–Kier alpha value is -2.67. The van der Waals surface area contributed by atoms with Gasteiger partial charge in [-0.05, 0) is 50.4 Å². The number of rotatable bonds is 5. The molecule has 27 heavy (non-hydrogen) atoms. The van der Waals surface area contributed by atoms with Crippen molar-refractivity contribution < 1.29 is 9.59 Å². The average molecular weight is 369 g/mol. The highest BCUT2D eigenvalue weighted by molar-refractivity contribution is 5.91. The van der Waals surface area contributed by atoms with Crippen LogP contribution in [0.1, 0.15) is 24.0 Å². The van der Waals surface area contributed by atoms with Gasteiger partial charge >= 0.3 is 0 Å². The Labute approximate surface area is 159 Å². The van der Waals surface area contributed by atoms with Gasteiger partial charge < -0.3 is 10.3 Å². The number of primary amides is 1. The van der Waals surface area contributed by atoms with Crippen LogP contribution in [0.4, 0.5) is 5.95 Å². The number of amides is 2. The third-order valence-corrected chi connectivity index (χ3v) is 5.28. The van der Waals surface area contributed by atoms with Crippen molar-refractivity contribution in [1.29, 1.82) is 0 Å². The fraction of sp³-hybridized carbons (Fsp3) is 0.450. The number of carbonyl (C=O) groups excluding carboxylic acids is 2. The molecule has 0 saturated carbocycles. The maximum Gasteiger partial charge on any atom is 0.231 e. The van der Waals surface area contributed by atoms with Crippen molar-refractivity contribution in [3.8, 4) is 11.3 Å². The Morgan fingerprint density at radius 2 is 2.07 bits per heavy atom. The maximum absolute atomic E-state index is 12.7. The zero-order valence-electron chi connectivity index (χ0n) is 16.2. The van der Waals surface area contributed by atoms with Gasteiger partial charge in [-0.25, -0.2) is 4.98 Å². The molecule has 1 atom stereocenters. The Morgan fingerprint density at radius 1 is 1.30 bits per heavy atom. The van der Waals surface area contributed by atoms with Crippen LogP contribution in [0.15, 0.2) is 24.4 Å². The lowest BCUT2D eigenvalue weighted by Gasteiger charge is -2.30. The molecule has 0 bridgehead atoms. The minimum atomic E-state index is -0.363. The number of benzene rings is 1. The van der Waals surface area contributed by atoms with E-state index in [-0.39, 0.29) is 24.3 Å². The van der Waals surface area contributed by atoms with E-state index in [0.29, 0.717) is 12.5 Å². The standard InChI is InChI=1S/C20H27N5O2/c1-13-6-7-15(9-14(13)2)17-10-22-20(24(17)3)23-19(27)16-5-4-8-25(11-16)12-18(21)26/h6-7,9-10,16H,4-5,8,11-12H2,1-3H3,(H2,21,26)(H,22,23,27). The highest BCUT2D eigenvalue weighted by Crippen LogP contribution is 2.25. The van der Waals surface area contributed by atoms with E-state index in [2.05, 4.69) is 42.3 Å². The second-order valence-electron chi connectivity index (χ2n) is 7.35. The van der Waals surface area contributed by atoms with Crippen molar-refractivity contribution in [2.24, 2.45) is 18.7 Å². The SMILES string of the molecule is Cc1ccc(-c2cnc(NC(=O)C3CCCN(CC(N)=O)C3)n2C)cc1C. The number of imidazole rings is 1. The van der Waals surface area contributed by atoms with Crippen molar-refractivity contribution in [1.82, 2.24) is 14.5 Å². The van der Waals surface area contributed by atoms with E-state index >= 15 is 0 Å². The number of aryl methyl sites for hydroxylation is 2. The lowest BCUT2D eigenvalue weighted by atomic mass is 9.97. The summed E-state index contributed by atoms with van der Waals surface area (Å²) in [6.45, 7) is 5.71. The lowest BCUT2D eigenvalue weighted by Crippen LogP contribution is -2.44. The molecule has 1 aliphatic rings. The first-order valence-corrected chi connectivity index (χ1v) is 9.26. The van der Waals surface area contributed by atoms with Crippen LogP contribution in [0, 0.1) is 19.8 Å². The summed E-state index contributed by atoms with van der Waals surface area (Å²) < 4.78 is 1.89. The molecular weight excluding hydrogens is 342 g/mol. The van der Waals surface area contributed by atoms with Gasteiger partial charge in [0.2, 0.25) is 17.8 Å². The van der Waals surface area contributed by atoms with Crippen LogP contribution in [-0.4, -0.2) is 45.9 Å². The topological polar surface area (TPSA) is 93.2 Å². The molecule has 2 amide bonds. The number of hydrogen-bond donors (Lipinski definition) is 2. The maximum atomic E-state index is 12.7. The minimum absolute atomic E-state index is 0.0653. The van der Waals surface area contributed by atoms with Gasteiger partial charge in [-0.1, -0.05) is 12.1 Å². The van der Waals surface area contributed by atoms with Crippen LogP contribution in [0.3, 0.4) is 0 Å². The first kappa shape index (κ1) is 19.1. The van der Waals surface area contributed by atoms with Crippen LogP contribution in [-0.2, 0) is 16.6 Å². The number of carbonyl (C=O) groups is 2. The normalized spacial score (nSPS) is 17.7. The van der Waals surface area contributed by atoms with E-state index in [9.17, 15) is 9.59 Å². The molecule has 3 rings (SSSR count). The molecule has 0 radical (unpaired) electrons. The van der Waals surface area contributed by atoms with Gasteiger partial charge in [0.05, 0.1) is 24.4 Å². The molecule has 7 nitrogen and oxygen atoms in total. The number of nitrogens with zero attached hydrogens (tertiary/aromatic N) is 3. The van der Waals surface area contributed by atoms with Crippen LogP contribution in [0.5, 0.6) is 0 Å². The molecular formula is C20H27N5O2. The van der Waals surface area contributed by atoms with Gasteiger partial charge in [-0.3, -0.25) is 19.8 Å². The molecule has 2 heterocycles. The largest absolute Gasteiger partial charge is 0.369 e. The fourth-order valence-electron chi connectivity index (χ4n) is 3.54. The quantitative estimate of drug-likeness (QED) is 0.841. The van der Waals surface area contributed by atoms with E-state index in [0.717, 1.165) is 30.6 Å². The van der Waals surface area contributed by atoms with E-state index in [1.165, 1.54) is 11.1 Å². The number of nitrogens with two attached hydrogens (primary N) is 1. The van der Waals surface area contributed by atoms with Crippen LogP contribution < -0.4 is 11.1 Å². The summed E-state index contributed by atoms with van der Waals surface area (Å²) >= 11 is 0. The summed E-state index contributed by atoms with van der Waals surface area (Å²) in [6, 6.07) is 6.28. The van der Waals surface area contributed by atoms with Crippen LogP contribution in [0.2, 0.25) is 0 Å². The molecule has 1 aromatic heterocycles.